The molecular weight excluding hydrogens is 156 g/mol. The number of aromatic nitrogens is 1. The van der Waals surface area contributed by atoms with E-state index in [1.807, 2.05) is 19.2 Å². The van der Waals surface area contributed by atoms with Crippen LogP contribution in [0.25, 0.3) is 0 Å². The zero-order valence-corrected chi connectivity index (χ0v) is 8.19. The van der Waals surface area contributed by atoms with Gasteiger partial charge in [-0.05, 0) is 6.42 Å². The average molecular weight is 172 g/mol. The summed E-state index contributed by atoms with van der Waals surface area (Å²) in [6, 6.07) is 0.144. The molecule has 0 spiro atoms. The van der Waals surface area contributed by atoms with Gasteiger partial charge in [-0.2, -0.15) is 0 Å². The molecule has 0 saturated carbocycles. The van der Waals surface area contributed by atoms with Crippen LogP contribution >= 0.6 is 11.3 Å². The zero-order chi connectivity index (χ0) is 8.69. The molecule has 1 rings (SSSR count). The highest BCUT2D eigenvalue weighted by Crippen LogP contribution is 2.14. The largest absolute Gasteiger partial charge is 0.322 e. The monoisotopic (exact) mass is 172 g/mol. The Balaban J connectivity index is 0.000000461. The van der Waals surface area contributed by atoms with Crippen molar-refractivity contribution in [3.05, 3.63) is 16.6 Å². The van der Waals surface area contributed by atoms with Crippen molar-refractivity contribution in [3.8, 4) is 0 Å². The highest BCUT2D eigenvalue weighted by molar-refractivity contribution is 7.09. The van der Waals surface area contributed by atoms with Crippen LogP contribution in [0.2, 0.25) is 0 Å². The molecule has 1 aromatic rings. The second-order valence-electron chi connectivity index (χ2n) is 1.89. The first kappa shape index (κ1) is 10.6. The van der Waals surface area contributed by atoms with Crippen LogP contribution < -0.4 is 5.73 Å². The minimum atomic E-state index is 0.144. The van der Waals surface area contributed by atoms with E-state index in [0.29, 0.717) is 0 Å². The lowest BCUT2D eigenvalue weighted by Gasteiger charge is -2.01. The second-order valence-corrected chi connectivity index (χ2v) is 2.81. The predicted molar refractivity (Wildman–Crippen MR) is 50.7 cm³/mol. The van der Waals surface area contributed by atoms with Gasteiger partial charge in [-0.1, -0.05) is 20.8 Å². The van der Waals surface area contributed by atoms with E-state index >= 15 is 0 Å². The van der Waals surface area contributed by atoms with Gasteiger partial charge in [0.1, 0.15) is 5.01 Å². The predicted octanol–water partition coefficient (Wildman–Crippen LogP) is 2.58. The Kier molecular flexibility index (Phi) is 6.07. The van der Waals surface area contributed by atoms with Gasteiger partial charge in [0, 0.05) is 11.6 Å². The first-order chi connectivity index (χ1) is 5.34. The molecule has 1 unspecified atom stereocenters. The molecule has 1 aromatic heterocycles. The summed E-state index contributed by atoms with van der Waals surface area (Å²) in [5.41, 5.74) is 5.69. The van der Waals surface area contributed by atoms with E-state index in [9.17, 15) is 0 Å². The van der Waals surface area contributed by atoms with Crippen molar-refractivity contribution in [3.63, 3.8) is 0 Å². The van der Waals surface area contributed by atoms with Gasteiger partial charge in [0.05, 0.1) is 6.04 Å². The minimum Gasteiger partial charge on any atom is -0.322 e. The molecule has 1 heterocycles. The Hall–Kier alpha value is -0.410. The molecular formula is C8H16N2S. The summed E-state index contributed by atoms with van der Waals surface area (Å²) in [4.78, 5) is 4.08. The number of hydrogen-bond acceptors (Lipinski definition) is 3. The third-order valence-electron chi connectivity index (χ3n) is 1.21. The van der Waals surface area contributed by atoms with Crippen LogP contribution in [0.3, 0.4) is 0 Å². The van der Waals surface area contributed by atoms with Crippen molar-refractivity contribution >= 4 is 11.3 Å². The maximum atomic E-state index is 5.69. The molecule has 0 bridgehead atoms. The molecule has 2 N–H and O–H groups in total. The molecule has 0 radical (unpaired) electrons. The van der Waals surface area contributed by atoms with Crippen molar-refractivity contribution < 1.29 is 0 Å². The topological polar surface area (TPSA) is 38.9 Å². The lowest BCUT2D eigenvalue weighted by molar-refractivity contribution is 0.693. The summed E-state index contributed by atoms with van der Waals surface area (Å²) >= 11 is 1.62. The quantitative estimate of drug-likeness (QED) is 0.744. The van der Waals surface area contributed by atoms with E-state index in [1.54, 1.807) is 17.5 Å². The summed E-state index contributed by atoms with van der Waals surface area (Å²) in [6.45, 7) is 6.06. The maximum Gasteiger partial charge on any atom is 0.109 e. The van der Waals surface area contributed by atoms with Gasteiger partial charge in [0.25, 0.3) is 0 Å². The molecule has 0 aromatic carbocycles. The first-order valence-corrected chi connectivity index (χ1v) is 4.87. The number of nitrogens with zero attached hydrogens (tertiary/aromatic N) is 1. The minimum absolute atomic E-state index is 0.144. The highest BCUT2D eigenvalue weighted by atomic mass is 32.1. The zero-order valence-electron chi connectivity index (χ0n) is 7.37. The van der Waals surface area contributed by atoms with Gasteiger partial charge < -0.3 is 5.73 Å². The third-order valence-corrected chi connectivity index (χ3v) is 2.12. The highest BCUT2D eigenvalue weighted by Gasteiger charge is 2.03. The maximum absolute atomic E-state index is 5.69. The molecule has 3 heteroatoms. The average Bonchev–Trinajstić information content (AvgIpc) is 2.59. The van der Waals surface area contributed by atoms with E-state index in [0.717, 1.165) is 11.4 Å². The molecule has 0 aliphatic carbocycles. The fourth-order valence-corrected chi connectivity index (χ4v) is 1.32. The van der Waals surface area contributed by atoms with E-state index in [-0.39, 0.29) is 6.04 Å². The van der Waals surface area contributed by atoms with Crippen LogP contribution in [0.15, 0.2) is 11.6 Å². The van der Waals surface area contributed by atoms with Crippen molar-refractivity contribution in [2.24, 2.45) is 5.73 Å². The molecule has 64 valence electrons. The first-order valence-electron chi connectivity index (χ1n) is 3.99. The lowest BCUT2D eigenvalue weighted by atomic mass is 10.3. The SMILES string of the molecule is CC.CCC(N)c1nccs1. The van der Waals surface area contributed by atoms with Gasteiger partial charge in [-0.15, -0.1) is 11.3 Å². The summed E-state index contributed by atoms with van der Waals surface area (Å²) < 4.78 is 0. The third kappa shape index (κ3) is 3.49. The molecule has 0 saturated heterocycles. The van der Waals surface area contributed by atoms with Crippen molar-refractivity contribution in [2.45, 2.75) is 33.2 Å². The van der Waals surface area contributed by atoms with E-state index in [2.05, 4.69) is 11.9 Å². The lowest BCUT2D eigenvalue weighted by Crippen LogP contribution is -2.07. The molecule has 11 heavy (non-hydrogen) atoms. The number of hydrogen-bond donors (Lipinski definition) is 1. The normalized spacial score (nSPS) is 11.6. The Morgan fingerprint density at radius 3 is 2.64 bits per heavy atom. The molecule has 0 fully saturated rings. The Labute approximate surface area is 72.5 Å². The number of nitrogens with two attached hydrogens (primary N) is 1. The molecule has 0 amide bonds. The summed E-state index contributed by atoms with van der Waals surface area (Å²) in [5.74, 6) is 0. The van der Waals surface area contributed by atoms with Crippen LogP contribution in [-0.4, -0.2) is 4.98 Å². The smallest absolute Gasteiger partial charge is 0.109 e. The Morgan fingerprint density at radius 1 is 1.64 bits per heavy atom. The standard InChI is InChI=1S/C6H10N2S.C2H6/c1-2-5(7)6-8-3-4-9-6;1-2/h3-5H,2,7H2,1H3;1-2H3. The molecule has 0 aliphatic heterocycles. The van der Waals surface area contributed by atoms with Crippen molar-refractivity contribution in [2.75, 3.05) is 0 Å². The van der Waals surface area contributed by atoms with E-state index in [1.165, 1.54) is 0 Å². The summed E-state index contributed by atoms with van der Waals surface area (Å²) in [6.07, 6.45) is 2.75. The molecule has 2 nitrogen and oxygen atoms in total. The van der Waals surface area contributed by atoms with Crippen molar-refractivity contribution in [1.29, 1.82) is 0 Å². The van der Waals surface area contributed by atoms with Crippen molar-refractivity contribution in [1.82, 2.24) is 4.98 Å². The summed E-state index contributed by atoms with van der Waals surface area (Å²) in [7, 11) is 0. The summed E-state index contributed by atoms with van der Waals surface area (Å²) in [5, 5.41) is 2.99. The van der Waals surface area contributed by atoms with Crippen LogP contribution in [0.5, 0.6) is 0 Å². The fraction of sp³-hybridized carbons (Fsp3) is 0.625. The molecule has 0 aliphatic rings. The van der Waals surface area contributed by atoms with Gasteiger partial charge in [0.2, 0.25) is 0 Å². The number of thiazole rings is 1. The van der Waals surface area contributed by atoms with Crippen LogP contribution in [0.1, 0.15) is 38.2 Å². The Bertz CT molecular complexity index is 161. The van der Waals surface area contributed by atoms with Gasteiger partial charge >= 0.3 is 0 Å². The van der Waals surface area contributed by atoms with E-state index in [4.69, 9.17) is 5.73 Å². The van der Waals surface area contributed by atoms with E-state index < -0.39 is 0 Å². The van der Waals surface area contributed by atoms with Gasteiger partial charge in [-0.25, -0.2) is 4.98 Å². The van der Waals surface area contributed by atoms with Crippen LogP contribution in [-0.2, 0) is 0 Å². The van der Waals surface area contributed by atoms with Gasteiger partial charge in [-0.3, -0.25) is 0 Å². The Morgan fingerprint density at radius 2 is 2.27 bits per heavy atom. The number of rotatable bonds is 2. The molecule has 1 atom stereocenters. The van der Waals surface area contributed by atoms with Crippen LogP contribution in [0.4, 0.5) is 0 Å². The second kappa shape index (κ2) is 6.31. The van der Waals surface area contributed by atoms with Gasteiger partial charge in [0.15, 0.2) is 0 Å². The van der Waals surface area contributed by atoms with Crippen LogP contribution in [0, 0.1) is 0 Å². The fourth-order valence-electron chi connectivity index (χ4n) is 0.592.